The van der Waals surface area contributed by atoms with Crippen LogP contribution in [0.5, 0.6) is 5.75 Å². The third-order valence-corrected chi connectivity index (χ3v) is 4.94. The van der Waals surface area contributed by atoms with Crippen LogP contribution in [0.1, 0.15) is 38.7 Å². The van der Waals surface area contributed by atoms with E-state index in [0.29, 0.717) is 23.9 Å². The molecule has 0 heterocycles. The van der Waals surface area contributed by atoms with Crippen LogP contribution < -0.4 is 10.1 Å². The van der Waals surface area contributed by atoms with Crippen molar-refractivity contribution >= 4 is 23.4 Å². The third-order valence-electron chi connectivity index (χ3n) is 4.63. The first-order valence-electron chi connectivity index (χ1n) is 10.0. The molecule has 0 saturated carbocycles. The fraction of sp³-hybridized carbons (Fsp3) is 0.391. The molecule has 29 heavy (non-hydrogen) atoms. The molecule has 1 atom stereocenters. The smallest absolute Gasteiger partial charge is 0.261 e. The molecule has 2 aromatic carbocycles. The zero-order chi connectivity index (χ0) is 21.1. The van der Waals surface area contributed by atoms with Crippen LogP contribution in [0.15, 0.2) is 54.6 Å². The summed E-state index contributed by atoms with van der Waals surface area (Å²) in [5.74, 6) is 0.00644. The minimum Gasteiger partial charge on any atom is -0.482 e. The largest absolute Gasteiger partial charge is 0.482 e. The molecular formula is C23H29ClN2O3. The molecule has 0 aliphatic carbocycles. The van der Waals surface area contributed by atoms with Crippen LogP contribution in [-0.4, -0.2) is 35.9 Å². The molecule has 5 nitrogen and oxygen atoms in total. The summed E-state index contributed by atoms with van der Waals surface area (Å²) >= 11 is 6.10. The maximum absolute atomic E-state index is 12.9. The molecule has 0 aliphatic heterocycles. The number of benzene rings is 2. The van der Waals surface area contributed by atoms with E-state index in [9.17, 15) is 9.59 Å². The number of nitrogens with one attached hydrogen (secondary N) is 1. The zero-order valence-corrected chi connectivity index (χ0v) is 17.8. The Kier molecular flexibility index (Phi) is 9.51. The molecule has 0 bridgehead atoms. The molecule has 1 N–H and O–H groups in total. The van der Waals surface area contributed by atoms with Crippen molar-refractivity contribution in [3.63, 3.8) is 0 Å². The third kappa shape index (κ3) is 7.42. The lowest BCUT2D eigenvalue weighted by Crippen LogP contribution is -2.49. The minimum absolute atomic E-state index is 0.164. The minimum atomic E-state index is -0.612. The molecule has 2 rings (SSSR count). The van der Waals surface area contributed by atoms with Crippen molar-refractivity contribution < 1.29 is 14.3 Å². The number of carbonyl (C=O) groups excluding carboxylic acids is 2. The van der Waals surface area contributed by atoms with E-state index in [1.807, 2.05) is 30.3 Å². The number of ether oxygens (including phenoxy) is 1. The molecule has 156 valence electrons. The first kappa shape index (κ1) is 22.8. The standard InChI is InChI=1S/C23H29ClN2O3/c1-3-4-10-15-25-23(28)18(2)26(16-19-11-6-5-7-12-19)22(27)17-29-21-14-9-8-13-20(21)24/h5-9,11-14,18H,3-4,10,15-17H2,1-2H3,(H,25,28). The van der Waals surface area contributed by atoms with Crippen LogP contribution in [0.4, 0.5) is 0 Å². The maximum Gasteiger partial charge on any atom is 0.261 e. The summed E-state index contributed by atoms with van der Waals surface area (Å²) in [5.41, 5.74) is 0.948. The predicted molar refractivity (Wildman–Crippen MR) is 116 cm³/mol. The molecule has 2 aromatic rings. The number of hydrogen-bond acceptors (Lipinski definition) is 3. The van der Waals surface area contributed by atoms with Crippen molar-refractivity contribution in [2.45, 2.75) is 45.7 Å². The van der Waals surface area contributed by atoms with Crippen molar-refractivity contribution in [1.29, 1.82) is 0 Å². The fourth-order valence-electron chi connectivity index (χ4n) is 2.88. The number of halogens is 1. The molecule has 0 radical (unpaired) electrons. The molecule has 1 unspecified atom stereocenters. The summed E-state index contributed by atoms with van der Waals surface area (Å²) < 4.78 is 5.61. The van der Waals surface area contributed by atoms with Gasteiger partial charge >= 0.3 is 0 Å². The Morgan fingerprint density at radius 3 is 2.45 bits per heavy atom. The van der Waals surface area contributed by atoms with Crippen LogP contribution in [0, 0.1) is 0 Å². The van der Waals surface area contributed by atoms with Gasteiger partial charge in [0.15, 0.2) is 6.61 Å². The second-order valence-electron chi connectivity index (χ2n) is 6.90. The number of rotatable bonds is 11. The van der Waals surface area contributed by atoms with Crippen molar-refractivity contribution in [1.82, 2.24) is 10.2 Å². The van der Waals surface area contributed by atoms with E-state index in [0.717, 1.165) is 24.8 Å². The van der Waals surface area contributed by atoms with E-state index in [1.54, 1.807) is 36.1 Å². The molecule has 0 aliphatic rings. The van der Waals surface area contributed by atoms with Crippen LogP contribution >= 0.6 is 11.6 Å². The Hall–Kier alpha value is -2.53. The van der Waals surface area contributed by atoms with E-state index in [1.165, 1.54) is 0 Å². The highest BCUT2D eigenvalue weighted by atomic mass is 35.5. The van der Waals surface area contributed by atoms with Gasteiger partial charge in [-0.3, -0.25) is 9.59 Å². The summed E-state index contributed by atoms with van der Waals surface area (Å²) in [7, 11) is 0. The van der Waals surface area contributed by atoms with Gasteiger partial charge < -0.3 is 15.0 Å². The van der Waals surface area contributed by atoms with E-state index < -0.39 is 6.04 Å². The highest BCUT2D eigenvalue weighted by Gasteiger charge is 2.26. The lowest BCUT2D eigenvalue weighted by molar-refractivity contribution is -0.142. The summed E-state index contributed by atoms with van der Waals surface area (Å²) in [6.45, 7) is 4.61. The van der Waals surface area contributed by atoms with Gasteiger partial charge in [-0.1, -0.05) is 73.8 Å². The number of hydrogen-bond donors (Lipinski definition) is 1. The number of carbonyl (C=O) groups is 2. The average Bonchev–Trinajstić information content (AvgIpc) is 2.74. The Bertz CT molecular complexity index is 783. The first-order valence-corrected chi connectivity index (χ1v) is 10.4. The van der Waals surface area contributed by atoms with E-state index in [4.69, 9.17) is 16.3 Å². The van der Waals surface area contributed by atoms with Crippen molar-refractivity contribution in [3.8, 4) is 5.75 Å². The second kappa shape index (κ2) is 12.1. The van der Waals surface area contributed by atoms with Gasteiger partial charge in [-0.2, -0.15) is 0 Å². The Morgan fingerprint density at radius 1 is 1.07 bits per heavy atom. The van der Waals surface area contributed by atoms with Gasteiger partial charge in [-0.05, 0) is 31.0 Å². The fourth-order valence-corrected chi connectivity index (χ4v) is 3.07. The van der Waals surface area contributed by atoms with Gasteiger partial charge in [0.2, 0.25) is 5.91 Å². The Labute approximate surface area is 178 Å². The van der Waals surface area contributed by atoms with Crippen molar-refractivity contribution in [2.75, 3.05) is 13.2 Å². The van der Waals surface area contributed by atoms with Gasteiger partial charge in [0.1, 0.15) is 11.8 Å². The van der Waals surface area contributed by atoms with E-state index >= 15 is 0 Å². The van der Waals surface area contributed by atoms with Crippen LogP contribution in [-0.2, 0) is 16.1 Å². The number of para-hydroxylation sites is 1. The molecule has 0 fully saturated rings. The normalized spacial score (nSPS) is 11.6. The molecular weight excluding hydrogens is 388 g/mol. The van der Waals surface area contributed by atoms with Crippen LogP contribution in [0.3, 0.4) is 0 Å². The number of nitrogens with zero attached hydrogens (tertiary/aromatic N) is 1. The molecule has 0 spiro atoms. The maximum atomic E-state index is 12.9. The van der Waals surface area contributed by atoms with Gasteiger partial charge in [-0.15, -0.1) is 0 Å². The van der Waals surface area contributed by atoms with E-state index in [-0.39, 0.29) is 18.4 Å². The Balaban J connectivity index is 2.05. The predicted octanol–water partition coefficient (Wildman–Crippen LogP) is 4.44. The van der Waals surface area contributed by atoms with Gasteiger partial charge in [0.25, 0.3) is 5.91 Å². The summed E-state index contributed by atoms with van der Waals surface area (Å²) in [4.78, 5) is 27.1. The van der Waals surface area contributed by atoms with Crippen molar-refractivity contribution in [3.05, 3.63) is 65.2 Å². The summed E-state index contributed by atoms with van der Waals surface area (Å²) in [6, 6.07) is 16.0. The van der Waals surface area contributed by atoms with Gasteiger partial charge in [0.05, 0.1) is 5.02 Å². The molecule has 0 saturated heterocycles. The quantitative estimate of drug-likeness (QED) is 0.551. The highest BCUT2D eigenvalue weighted by molar-refractivity contribution is 6.32. The zero-order valence-electron chi connectivity index (χ0n) is 17.1. The SMILES string of the molecule is CCCCCNC(=O)C(C)N(Cc1ccccc1)C(=O)COc1ccccc1Cl. The molecule has 2 amide bonds. The monoisotopic (exact) mass is 416 g/mol. The molecule has 0 aromatic heterocycles. The van der Waals surface area contributed by atoms with Crippen LogP contribution in [0.25, 0.3) is 0 Å². The highest BCUT2D eigenvalue weighted by Crippen LogP contribution is 2.23. The first-order chi connectivity index (χ1) is 14.0. The van der Waals surface area contributed by atoms with Gasteiger partial charge in [-0.25, -0.2) is 0 Å². The van der Waals surface area contributed by atoms with E-state index in [2.05, 4.69) is 12.2 Å². The van der Waals surface area contributed by atoms with Crippen molar-refractivity contribution in [2.24, 2.45) is 0 Å². The summed E-state index contributed by atoms with van der Waals surface area (Å²) in [5, 5.41) is 3.37. The average molecular weight is 417 g/mol. The van der Waals surface area contributed by atoms with Gasteiger partial charge in [0, 0.05) is 13.1 Å². The number of amides is 2. The second-order valence-corrected chi connectivity index (χ2v) is 7.31. The Morgan fingerprint density at radius 2 is 1.76 bits per heavy atom. The molecule has 6 heteroatoms. The lowest BCUT2D eigenvalue weighted by atomic mass is 10.1. The summed E-state index contributed by atoms with van der Waals surface area (Å²) in [6.07, 6.45) is 3.08. The lowest BCUT2D eigenvalue weighted by Gasteiger charge is -2.28. The number of unbranched alkanes of at least 4 members (excludes halogenated alkanes) is 2. The topological polar surface area (TPSA) is 58.6 Å². The van der Waals surface area contributed by atoms with Crippen LogP contribution in [0.2, 0.25) is 5.02 Å².